The Hall–Kier alpha value is -1.51. The smallest absolute Gasteiger partial charge is 0.137 e. The average molecular weight is 304 g/mol. The summed E-state index contributed by atoms with van der Waals surface area (Å²) in [5.74, 6) is 0.756. The zero-order chi connectivity index (χ0) is 14.9. The van der Waals surface area contributed by atoms with Crippen molar-refractivity contribution in [3.8, 4) is 16.9 Å². The molecule has 2 aromatic carbocycles. The Balaban J connectivity index is 1.88. The van der Waals surface area contributed by atoms with Crippen molar-refractivity contribution in [1.82, 2.24) is 5.32 Å². The average Bonchev–Trinajstić information content (AvgIpc) is 2.53. The molecule has 3 heteroatoms. The molecule has 0 heterocycles. The lowest BCUT2D eigenvalue weighted by Crippen LogP contribution is -2.18. The van der Waals surface area contributed by atoms with E-state index in [0.29, 0.717) is 11.6 Å². The fourth-order valence-electron chi connectivity index (χ4n) is 2.11. The molecule has 112 valence electrons. The quantitative estimate of drug-likeness (QED) is 0.709. The van der Waals surface area contributed by atoms with Gasteiger partial charge in [0.1, 0.15) is 5.75 Å². The van der Waals surface area contributed by atoms with Gasteiger partial charge in [0, 0.05) is 0 Å². The molecule has 0 saturated carbocycles. The SMILES string of the molecule is CCCNCCCOc1ccc(-c2ccccc2)cc1Cl. The molecule has 2 nitrogen and oxygen atoms in total. The van der Waals surface area contributed by atoms with Crippen LogP contribution in [-0.4, -0.2) is 19.7 Å². The van der Waals surface area contributed by atoms with Gasteiger partial charge in [0.05, 0.1) is 11.6 Å². The zero-order valence-electron chi connectivity index (χ0n) is 12.4. The van der Waals surface area contributed by atoms with Crippen molar-refractivity contribution in [2.45, 2.75) is 19.8 Å². The van der Waals surface area contributed by atoms with Crippen LogP contribution in [0.4, 0.5) is 0 Å². The van der Waals surface area contributed by atoms with Crippen LogP contribution < -0.4 is 10.1 Å². The van der Waals surface area contributed by atoms with Crippen molar-refractivity contribution in [1.29, 1.82) is 0 Å². The number of hydrogen-bond acceptors (Lipinski definition) is 2. The van der Waals surface area contributed by atoms with Crippen molar-refractivity contribution < 1.29 is 4.74 Å². The van der Waals surface area contributed by atoms with E-state index >= 15 is 0 Å². The van der Waals surface area contributed by atoms with E-state index in [9.17, 15) is 0 Å². The first-order valence-electron chi connectivity index (χ1n) is 7.49. The van der Waals surface area contributed by atoms with E-state index in [4.69, 9.17) is 16.3 Å². The summed E-state index contributed by atoms with van der Waals surface area (Å²) in [6.07, 6.45) is 2.14. The molecule has 0 bridgehead atoms. The lowest BCUT2D eigenvalue weighted by molar-refractivity contribution is 0.308. The van der Waals surface area contributed by atoms with Crippen molar-refractivity contribution >= 4 is 11.6 Å². The highest BCUT2D eigenvalue weighted by molar-refractivity contribution is 6.32. The number of benzene rings is 2. The van der Waals surface area contributed by atoms with Crippen molar-refractivity contribution in [3.05, 3.63) is 53.6 Å². The van der Waals surface area contributed by atoms with Crippen LogP contribution in [0.3, 0.4) is 0 Å². The molecule has 0 radical (unpaired) electrons. The Kier molecular flexibility index (Phi) is 6.58. The topological polar surface area (TPSA) is 21.3 Å². The standard InChI is InChI=1S/C18H22ClNO/c1-2-11-20-12-6-13-21-18-10-9-16(14-17(18)19)15-7-4-3-5-8-15/h3-5,7-10,14,20H,2,6,11-13H2,1H3. The number of rotatable bonds is 8. The molecule has 0 amide bonds. The number of ether oxygens (including phenoxy) is 1. The predicted molar refractivity (Wildman–Crippen MR) is 90.2 cm³/mol. The second kappa shape index (κ2) is 8.71. The summed E-state index contributed by atoms with van der Waals surface area (Å²) in [7, 11) is 0. The maximum atomic E-state index is 6.30. The van der Waals surface area contributed by atoms with E-state index in [2.05, 4.69) is 24.4 Å². The van der Waals surface area contributed by atoms with Crippen molar-refractivity contribution in [2.75, 3.05) is 19.7 Å². The lowest BCUT2D eigenvalue weighted by atomic mass is 10.1. The highest BCUT2D eigenvalue weighted by Crippen LogP contribution is 2.30. The maximum Gasteiger partial charge on any atom is 0.137 e. The van der Waals surface area contributed by atoms with Gasteiger partial charge in [0.2, 0.25) is 0 Å². The van der Waals surface area contributed by atoms with Gasteiger partial charge >= 0.3 is 0 Å². The first kappa shape index (κ1) is 15.9. The van der Waals surface area contributed by atoms with E-state index in [-0.39, 0.29) is 0 Å². The van der Waals surface area contributed by atoms with E-state index in [1.54, 1.807) is 0 Å². The van der Waals surface area contributed by atoms with Crippen LogP contribution in [0.15, 0.2) is 48.5 Å². The van der Waals surface area contributed by atoms with Crippen LogP contribution in [0, 0.1) is 0 Å². The number of nitrogens with one attached hydrogen (secondary N) is 1. The van der Waals surface area contributed by atoms with Gasteiger partial charge in [-0.3, -0.25) is 0 Å². The molecule has 2 aromatic rings. The molecule has 2 rings (SSSR count). The molecular weight excluding hydrogens is 282 g/mol. The minimum Gasteiger partial charge on any atom is -0.492 e. The predicted octanol–water partition coefficient (Wildman–Crippen LogP) is 4.78. The van der Waals surface area contributed by atoms with E-state index in [0.717, 1.165) is 42.8 Å². The maximum absolute atomic E-state index is 6.30. The molecule has 0 aliphatic heterocycles. The zero-order valence-corrected chi connectivity index (χ0v) is 13.2. The molecule has 21 heavy (non-hydrogen) atoms. The molecule has 0 atom stereocenters. The van der Waals surface area contributed by atoms with Crippen LogP contribution in [0.2, 0.25) is 5.02 Å². The van der Waals surface area contributed by atoms with E-state index in [1.165, 1.54) is 0 Å². The Bertz CT molecular complexity index is 542. The summed E-state index contributed by atoms with van der Waals surface area (Å²) in [6, 6.07) is 16.2. The van der Waals surface area contributed by atoms with E-state index < -0.39 is 0 Å². The van der Waals surface area contributed by atoms with Gasteiger partial charge in [-0.05, 0) is 49.2 Å². The molecule has 0 saturated heterocycles. The molecule has 0 spiro atoms. The van der Waals surface area contributed by atoms with Crippen LogP contribution in [0.5, 0.6) is 5.75 Å². The molecule has 0 fully saturated rings. The summed E-state index contributed by atoms with van der Waals surface area (Å²) in [5.41, 5.74) is 2.27. The van der Waals surface area contributed by atoms with Gasteiger partial charge in [0.15, 0.2) is 0 Å². The summed E-state index contributed by atoms with van der Waals surface area (Å²) >= 11 is 6.30. The largest absolute Gasteiger partial charge is 0.492 e. The highest BCUT2D eigenvalue weighted by atomic mass is 35.5. The van der Waals surface area contributed by atoms with Gasteiger partial charge in [0.25, 0.3) is 0 Å². The third-order valence-corrected chi connectivity index (χ3v) is 3.52. The summed E-state index contributed by atoms with van der Waals surface area (Å²) in [5, 5.41) is 4.02. The van der Waals surface area contributed by atoms with Gasteiger partial charge < -0.3 is 10.1 Å². The van der Waals surface area contributed by atoms with Gasteiger partial charge in [-0.15, -0.1) is 0 Å². The summed E-state index contributed by atoms with van der Waals surface area (Å²) in [4.78, 5) is 0. The molecule has 0 aromatic heterocycles. The Morgan fingerprint density at radius 3 is 2.52 bits per heavy atom. The minimum atomic E-state index is 0.665. The monoisotopic (exact) mass is 303 g/mol. The summed E-state index contributed by atoms with van der Waals surface area (Å²) < 4.78 is 5.74. The third-order valence-electron chi connectivity index (χ3n) is 3.22. The number of hydrogen-bond donors (Lipinski definition) is 1. The molecule has 1 N–H and O–H groups in total. The first-order chi connectivity index (χ1) is 10.3. The Morgan fingerprint density at radius 1 is 1.00 bits per heavy atom. The van der Waals surface area contributed by atoms with Crippen LogP contribution in [0.25, 0.3) is 11.1 Å². The van der Waals surface area contributed by atoms with Crippen LogP contribution >= 0.6 is 11.6 Å². The van der Waals surface area contributed by atoms with E-state index in [1.807, 2.05) is 36.4 Å². The summed E-state index contributed by atoms with van der Waals surface area (Å²) in [6.45, 7) is 4.89. The third kappa shape index (κ3) is 5.07. The van der Waals surface area contributed by atoms with Crippen molar-refractivity contribution in [2.24, 2.45) is 0 Å². The van der Waals surface area contributed by atoms with Gasteiger partial charge in [-0.1, -0.05) is 54.9 Å². The highest BCUT2D eigenvalue weighted by Gasteiger charge is 2.04. The molecule has 0 aliphatic carbocycles. The Morgan fingerprint density at radius 2 is 1.81 bits per heavy atom. The van der Waals surface area contributed by atoms with Crippen LogP contribution in [-0.2, 0) is 0 Å². The second-order valence-corrected chi connectivity index (χ2v) is 5.37. The second-order valence-electron chi connectivity index (χ2n) is 4.96. The lowest BCUT2D eigenvalue weighted by Gasteiger charge is -2.10. The molecule has 0 aliphatic rings. The minimum absolute atomic E-state index is 0.665. The fourth-order valence-corrected chi connectivity index (χ4v) is 2.34. The van der Waals surface area contributed by atoms with Gasteiger partial charge in [-0.2, -0.15) is 0 Å². The fraction of sp³-hybridized carbons (Fsp3) is 0.333. The Labute approximate surface area is 132 Å². The normalized spacial score (nSPS) is 10.6. The molecular formula is C18H22ClNO. The van der Waals surface area contributed by atoms with Gasteiger partial charge in [-0.25, -0.2) is 0 Å². The molecule has 0 unspecified atom stereocenters. The first-order valence-corrected chi connectivity index (χ1v) is 7.87. The van der Waals surface area contributed by atoms with Crippen LogP contribution in [0.1, 0.15) is 19.8 Å². The van der Waals surface area contributed by atoms with Crippen molar-refractivity contribution in [3.63, 3.8) is 0 Å². The number of halogens is 1.